The number of aryl methyl sites for hydroxylation is 1. The lowest BCUT2D eigenvalue weighted by Crippen LogP contribution is -2.07. The number of nitrogens with zero attached hydrogens (tertiary/aromatic N) is 7. The number of aliphatic imine (C=N–C) groups is 1. The summed E-state index contributed by atoms with van der Waals surface area (Å²) < 4.78 is 30.6. The number of anilines is 2. The average Bonchev–Trinajstić information content (AvgIpc) is 3.31. The molecule has 0 aliphatic rings. The molecule has 0 aliphatic heterocycles. The minimum Gasteiger partial charge on any atom is -0.396 e. The van der Waals surface area contributed by atoms with Gasteiger partial charge in [0.05, 0.1) is 12.9 Å². The number of hydrogen-bond acceptors (Lipinski definition) is 9. The predicted octanol–water partition coefficient (Wildman–Crippen LogP) is 1.44. The number of halogens is 2. The van der Waals surface area contributed by atoms with Crippen molar-refractivity contribution in [2.45, 2.75) is 26.3 Å². The van der Waals surface area contributed by atoms with E-state index in [4.69, 9.17) is 10.8 Å². The van der Waals surface area contributed by atoms with Crippen molar-refractivity contribution in [3.8, 4) is 0 Å². The minimum absolute atomic E-state index is 0.0197. The van der Waals surface area contributed by atoms with Gasteiger partial charge in [-0.3, -0.25) is 4.99 Å². The molecule has 0 bridgehead atoms. The summed E-state index contributed by atoms with van der Waals surface area (Å²) in [4.78, 5) is 3.95. The first-order valence-corrected chi connectivity index (χ1v) is 8.54. The molecular weight excluding hydrogens is 388 g/mol. The number of alkyl halides is 2. The van der Waals surface area contributed by atoms with Crippen LogP contribution in [0.3, 0.4) is 0 Å². The number of aliphatic hydroxyl groups is 1. The van der Waals surface area contributed by atoms with Crippen LogP contribution in [0.1, 0.15) is 29.8 Å². The summed E-state index contributed by atoms with van der Waals surface area (Å²) in [5, 5.41) is 29.2. The Balaban J connectivity index is 0.000000211. The highest BCUT2D eigenvalue weighted by Crippen LogP contribution is 2.21. The van der Waals surface area contributed by atoms with Crippen LogP contribution < -0.4 is 11.1 Å². The largest absolute Gasteiger partial charge is 0.396 e. The number of aromatic nitrogens is 6. The van der Waals surface area contributed by atoms with Crippen LogP contribution in [-0.2, 0) is 6.54 Å². The lowest BCUT2D eigenvalue weighted by atomic mass is 10.2. The molecular formula is C16H21F2N9O2. The van der Waals surface area contributed by atoms with E-state index in [1.54, 1.807) is 19.1 Å². The van der Waals surface area contributed by atoms with Gasteiger partial charge in [-0.15, -0.1) is 0 Å². The van der Waals surface area contributed by atoms with E-state index in [9.17, 15) is 8.78 Å². The average molecular weight is 409 g/mol. The van der Waals surface area contributed by atoms with Crippen LogP contribution in [0.5, 0.6) is 0 Å². The smallest absolute Gasteiger partial charge is 0.263 e. The number of tetrazole rings is 1. The van der Waals surface area contributed by atoms with Crippen molar-refractivity contribution >= 4 is 18.0 Å². The molecule has 0 saturated heterocycles. The number of nitrogen functional groups attached to an aromatic ring is 1. The molecule has 2 aromatic heterocycles. The fraction of sp³-hybridized carbons (Fsp3) is 0.375. The first-order chi connectivity index (χ1) is 14.0. The Bertz CT molecular complexity index is 860. The molecule has 3 aromatic rings. The van der Waals surface area contributed by atoms with Crippen molar-refractivity contribution in [1.29, 1.82) is 0 Å². The van der Waals surface area contributed by atoms with Crippen molar-refractivity contribution in [2.75, 3.05) is 24.2 Å². The first-order valence-electron chi connectivity index (χ1n) is 8.54. The number of rotatable bonds is 8. The van der Waals surface area contributed by atoms with E-state index in [2.05, 4.69) is 40.8 Å². The molecule has 11 nitrogen and oxygen atoms in total. The van der Waals surface area contributed by atoms with Crippen molar-refractivity contribution < 1.29 is 18.5 Å². The van der Waals surface area contributed by atoms with Crippen LogP contribution in [0.15, 0.2) is 33.9 Å². The first kappa shape index (κ1) is 21.8. The number of nitrogens with two attached hydrogens (primary N) is 1. The van der Waals surface area contributed by atoms with Gasteiger partial charge in [0.2, 0.25) is 5.95 Å². The Hall–Kier alpha value is -3.48. The molecule has 0 radical (unpaired) electrons. The monoisotopic (exact) mass is 409 g/mol. The zero-order valence-electron chi connectivity index (χ0n) is 15.6. The zero-order valence-corrected chi connectivity index (χ0v) is 15.6. The second kappa shape index (κ2) is 11.4. The molecule has 0 spiro atoms. The van der Waals surface area contributed by atoms with Crippen LogP contribution in [0.25, 0.3) is 0 Å². The SMILES string of the molecule is Cc1nonc1Cn1nnnc1N.OCCCN=CNc1cccc(C(F)F)c1. The van der Waals surface area contributed by atoms with Gasteiger partial charge < -0.3 is 16.2 Å². The highest BCUT2D eigenvalue weighted by atomic mass is 19.3. The molecule has 3 rings (SSSR count). The van der Waals surface area contributed by atoms with Gasteiger partial charge in [-0.1, -0.05) is 27.5 Å². The van der Waals surface area contributed by atoms with Crippen LogP contribution in [-0.4, -0.2) is 55.1 Å². The summed E-state index contributed by atoms with van der Waals surface area (Å²) >= 11 is 0. The topological polar surface area (TPSA) is 153 Å². The highest BCUT2D eigenvalue weighted by Gasteiger charge is 2.09. The van der Waals surface area contributed by atoms with Crippen molar-refractivity contribution in [1.82, 2.24) is 30.5 Å². The fourth-order valence-corrected chi connectivity index (χ4v) is 1.97. The van der Waals surface area contributed by atoms with Gasteiger partial charge in [0.1, 0.15) is 11.4 Å². The lowest BCUT2D eigenvalue weighted by Gasteiger charge is -2.03. The van der Waals surface area contributed by atoms with Gasteiger partial charge in [0, 0.05) is 24.4 Å². The molecule has 0 saturated carbocycles. The van der Waals surface area contributed by atoms with Gasteiger partial charge in [0.25, 0.3) is 6.43 Å². The Morgan fingerprint density at radius 1 is 1.38 bits per heavy atom. The molecule has 1 aromatic carbocycles. The minimum atomic E-state index is -2.46. The summed E-state index contributed by atoms with van der Waals surface area (Å²) in [7, 11) is 0. The van der Waals surface area contributed by atoms with Gasteiger partial charge in [-0.25, -0.2) is 18.1 Å². The molecule has 4 N–H and O–H groups in total. The number of hydrogen-bond donors (Lipinski definition) is 3. The third-order valence-electron chi connectivity index (χ3n) is 3.51. The summed E-state index contributed by atoms with van der Waals surface area (Å²) in [6.07, 6.45) is -0.428. The van der Waals surface area contributed by atoms with Crippen molar-refractivity contribution in [3.63, 3.8) is 0 Å². The molecule has 0 unspecified atom stereocenters. The molecule has 156 valence electrons. The number of benzene rings is 1. The number of nitrogens with one attached hydrogen (secondary N) is 1. The molecule has 0 amide bonds. The quantitative estimate of drug-likeness (QED) is 0.285. The molecule has 0 aliphatic carbocycles. The normalized spacial score (nSPS) is 10.9. The highest BCUT2D eigenvalue weighted by molar-refractivity contribution is 5.75. The van der Waals surface area contributed by atoms with Crippen molar-refractivity contribution in [3.05, 3.63) is 41.2 Å². The Kier molecular flexibility index (Phi) is 8.56. The lowest BCUT2D eigenvalue weighted by molar-refractivity contribution is 0.151. The zero-order chi connectivity index (χ0) is 21.1. The fourth-order valence-electron chi connectivity index (χ4n) is 1.97. The van der Waals surface area contributed by atoms with Gasteiger partial charge >= 0.3 is 0 Å². The van der Waals surface area contributed by atoms with E-state index in [-0.39, 0.29) is 18.1 Å². The van der Waals surface area contributed by atoms with Gasteiger partial charge in [-0.2, -0.15) is 0 Å². The van der Waals surface area contributed by atoms with Crippen LogP contribution >= 0.6 is 0 Å². The third kappa shape index (κ3) is 7.21. The Morgan fingerprint density at radius 2 is 2.21 bits per heavy atom. The van der Waals surface area contributed by atoms with E-state index in [1.807, 2.05) is 0 Å². The standard InChI is InChI=1S/C11H14F2N2O.C5H7N7O/c12-11(13)9-3-1-4-10(7-9)15-8-14-5-2-6-16;1-3-4(9-13-8-3)2-12-5(6)7-10-11-12/h1,3-4,7-8,11,16H,2,5-6H2,(H,14,15);2H2,1H3,(H2,6,7,11). The maximum absolute atomic E-state index is 12.3. The summed E-state index contributed by atoms with van der Waals surface area (Å²) in [6.45, 7) is 2.76. The van der Waals surface area contributed by atoms with Gasteiger partial charge in [-0.05, 0) is 35.9 Å². The van der Waals surface area contributed by atoms with Crippen LogP contribution in [0.4, 0.5) is 20.4 Å². The predicted molar refractivity (Wildman–Crippen MR) is 100 cm³/mol. The molecule has 0 fully saturated rings. The van der Waals surface area contributed by atoms with E-state index >= 15 is 0 Å². The summed E-state index contributed by atoms with van der Waals surface area (Å²) in [6, 6.07) is 6.00. The number of aliphatic hydroxyl groups excluding tert-OH is 1. The summed E-state index contributed by atoms with van der Waals surface area (Å²) in [5.41, 5.74) is 7.38. The third-order valence-corrected chi connectivity index (χ3v) is 3.51. The summed E-state index contributed by atoms with van der Waals surface area (Å²) in [5.74, 6) is 0.238. The Labute approximate surface area is 164 Å². The van der Waals surface area contributed by atoms with Gasteiger partial charge in [0.15, 0.2) is 0 Å². The second-order valence-corrected chi connectivity index (χ2v) is 5.67. The maximum atomic E-state index is 12.3. The van der Waals surface area contributed by atoms with Crippen molar-refractivity contribution in [2.24, 2.45) is 4.99 Å². The van der Waals surface area contributed by atoms with Crippen LogP contribution in [0, 0.1) is 6.92 Å². The van der Waals surface area contributed by atoms with E-state index < -0.39 is 6.43 Å². The van der Waals surface area contributed by atoms with Crippen LogP contribution in [0.2, 0.25) is 0 Å². The van der Waals surface area contributed by atoms with E-state index in [0.717, 1.165) is 0 Å². The van der Waals surface area contributed by atoms with E-state index in [1.165, 1.54) is 23.2 Å². The van der Waals surface area contributed by atoms with E-state index in [0.29, 0.717) is 36.6 Å². The molecule has 2 heterocycles. The maximum Gasteiger partial charge on any atom is 0.263 e. The second-order valence-electron chi connectivity index (χ2n) is 5.67. The molecule has 0 atom stereocenters. The Morgan fingerprint density at radius 3 is 2.83 bits per heavy atom. The molecule has 29 heavy (non-hydrogen) atoms. The molecule has 13 heteroatoms.